The van der Waals surface area contributed by atoms with Crippen LogP contribution >= 0.6 is 0 Å². The molecule has 1 aliphatic rings. The van der Waals surface area contributed by atoms with Crippen molar-refractivity contribution < 1.29 is 23.9 Å². The van der Waals surface area contributed by atoms with Gasteiger partial charge in [-0.3, -0.25) is 14.9 Å². The maximum Gasteiger partial charge on any atom is 0.335 e. The molecule has 0 aromatic heterocycles. The zero-order valence-corrected chi connectivity index (χ0v) is 15.8. The summed E-state index contributed by atoms with van der Waals surface area (Å²) in [7, 11) is 1.50. The molecule has 0 bridgehead atoms. The van der Waals surface area contributed by atoms with Gasteiger partial charge in [0.2, 0.25) is 0 Å². The number of nitrogens with one attached hydrogen (secondary N) is 1. The first-order valence-electron chi connectivity index (χ1n) is 8.73. The van der Waals surface area contributed by atoms with Gasteiger partial charge < -0.3 is 9.47 Å². The number of carbonyl (C=O) groups is 3. The van der Waals surface area contributed by atoms with E-state index in [0.29, 0.717) is 29.4 Å². The number of methoxy groups -OCH3 is 1. The fraction of sp³-hybridized carbons (Fsp3) is 0.190. The van der Waals surface area contributed by atoms with Gasteiger partial charge in [-0.05, 0) is 49.8 Å². The van der Waals surface area contributed by atoms with Gasteiger partial charge in [-0.25, -0.2) is 9.69 Å². The Labute approximate surface area is 162 Å². The number of nitrogens with zero attached hydrogens (tertiary/aromatic N) is 1. The lowest BCUT2D eigenvalue weighted by Gasteiger charge is -2.26. The predicted molar refractivity (Wildman–Crippen MR) is 104 cm³/mol. The molecule has 0 radical (unpaired) electrons. The van der Waals surface area contributed by atoms with E-state index in [2.05, 4.69) is 5.32 Å². The zero-order valence-electron chi connectivity index (χ0n) is 15.8. The number of hydrogen-bond acceptors (Lipinski definition) is 5. The van der Waals surface area contributed by atoms with Crippen LogP contribution in [-0.2, 0) is 9.59 Å². The maximum absolute atomic E-state index is 12.9. The molecule has 1 aliphatic heterocycles. The number of anilines is 1. The number of ether oxygens (including phenoxy) is 2. The minimum Gasteiger partial charge on any atom is -0.493 e. The highest BCUT2D eigenvalue weighted by atomic mass is 16.5. The lowest BCUT2D eigenvalue weighted by molar-refractivity contribution is -0.122. The van der Waals surface area contributed by atoms with Crippen LogP contribution in [-0.4, -0.2) is 31.6 Å². The topological polar surface area (TPSA) is 84.9 Å². The number of hydrogen-bond donors (Lipinski definition) is 1. The molecule has 0 spiro atoms. The van der Waals surface area contributed by atoms with Crippen LogP contribution in [0.15, 0.2) is 48.0 Å². The minimum atomic E-state index is -0.778. The second-order valence-corrected chi connectivity index (χ2v) is 6.14. The molecule has 2 aromatic carbocycles. The van der Waals surface area contributed by atoms with Crippen molar-refractivity contribution in [2.24, 2.45) is 0 Å². The van der Waals surface area contributed by atoms with Gasteiger partial charge in [-0.2, -0.15) is 0 Å². The number of benzene rings is 2. The van der Waals surface area contributed by atoms with Crippen molar-refractivity contribution in [1.29, 1.82) is 0 Å². The smallest absolute Gasteiger partial charge is 0.335 e. The van der Waals surface area contributed by atoms with Crippen molar-refractivity contribution in [3.05, 3.63) is 59.2 Å². The summed E-state index contributed by atoms with van der Waals surface area (Å²) >= 11 is 0. The first-order valence-corrected chi connectivity index (χ1v) is 8.73. The summed E-state index contributed by atoms with van der Waals surface area (Å²) in [6.07, 6.45) is 1.42. The van der Waals surface area contributed by atoms with Crippen LogP contribution in [0, 0.1) is 6.92 Å². The second-order valence-electron chi connectivity index (χ2n) is 6.14. The van der Waals surface area contributed by atoms with E-state index in [1.807, 2.05) is 13.8 Å². The molecule has 0 saturated carbocycles. The number of imide groups is 2. The monoisotopic (exact) mass is 380 g/mol. The van der Waals surface area contributed by atoms with Crippen molar-refractivity contribution in [3.63, 3.8) is 0 Å². The first-order chi connectivity index (χ1) is 13.4. The van der Waals surface area contributed by atoms with E-state index in [1.165, 1.54) is 13.2 Å². The molecule has 7 heteroatoms. The Morgan fingerprint density at radius 3 is 2.39 bits per heavy atom. The predicted octanol–water partition coefficient (Wildman–Crippen LogP) is 3.07. The van der Waals surface area contributed by atoms with Crippen LogP contribution in [0.3, 0.4) is 0 Å². The van der Waals surface area contributed by atoms with Crippen LogP contribution in [0.5, 0.6) is 11.5 Å². The highest BCUT2D eigenvalue weighted by Gasteiger charge is 2.36. The molecular formula is C21H20N2O5. The molecular weight excluding hydrogens is 360 g/mol. The Balaban J connectivity index is 1.98. The quantitative estimate of drug-likeness (QED) is 0.637. The van der Waals surface area contributed by atoms with Gasteiger partial charge in [0, 0.05) is 0 Å². The van der Waals surface area contributed by atoms with Crippen molar-refractivity contribution >= 4 is 29.6 Å². The van der Waals surface area contributed by atoms with Crippen LogP contribution < -0.4 is 19.7 Å². The molecule has 1 heterocycles. The molecule has 1 fully saturated rings. The summed E-state index contributed by atoms with van der Waals surface area (Å²) in [6, 6.07) is 11.2. The molecule has 1 N–H and O–H groups in total. The van der Waals surface area contributed by atoms with E-state index in [0.717, 1.165) is 10.5 Å². The van der Waals surface area contributed by atoms with Crippen molar-refractivity contribution in [2.45, 2.75) is 13.8 Å². The number of aryl methyl sites for hydroxylation is 1. The van der Waals surface area contributed by atoms with Crippen molar-refractivity contribution in [1.82, 2.24) is 5.32 Å². The van der Waals surface area contributed by atoms with Gasteiger partial charge in [0.25, 0.3) is 11.8 Å². The van der Waals surface area contributed by atoms with E-state index in [1.54, 1.807) is 42.5 Å². The Morgan fingerprint density at radius 2 is 1.75 bits per heavy atom. The van der Waals surface area contributed by atoms with E-state index < -0.39 is 17.8 Å². The molecule has 0 atom stereocenters. The molecule has 1 saturated heterocycles. The Kier molecular flexibility index (Phi) is 5.44. The van der Waals surface area contributed by atoms with Crippen LogP contribution in [0.25, 0.3) is 6.08 Å². The minimum absolute atomic E-state index is 0.147. The summed E-state index contributed by atoms with van der Waals surface area (Å²) < 4.78 is 10.8. The molecule has 4 amide bonds. The fourth-order valence-corrected chi connectivity index (χ4v) is 2.80. The summed E-state index contributed by atoms with van der Waals surface area (Å²) in [5, 5.41) is 2.21. The zero-order chi connectivity index (χ0) is 20.3. The number of barbiturate groups is 1. The summed E-state index contributed by atoms with van der Waals surface area (Å²) in [4.78, 5) is 38.3. The second kappa shape index (κ2) is 7.96. The van der Waals surface area contributed by atoms with E-state index in [-0.39, 0.29) is 5.57 Å². The Hall–Kier alpha value is -3.61. The average Bonchev–Trinajstić information content (AvgIpc) is 2.67. The highest BCUT2D eigenvalue weighted by Crippen LogP contribution is 2.29. The number of rotatable bonds is 5. The molecule has 0 unspecified atom stereocenters. The standard InChI is InChI=1S/C21H20N2O5/c1-4-28-17-10-7-14(12-18(17)27-3)11-16-19(24)22-21(26)23(20(16)25)15-8-5-13(2)6-9-15/h5-12H,4H2,1-3H3,(H,22,24,26)/b16-11+. The van der Waals surface area contributed by atoms with E-state index >= 15 is 0 Å². The normalized spacial score (nSPS) is 15.6. The Bertz CT molecular complexity index is 963. The van der Waals surface area contributed by atoms with E-state index in [9.17, 15) is 14.4 Å². The summed E-state index contributed by atoms with van der Waals surface area (Å²) in [5.41, 5.74) is 1.79. The van der Waals surface area contributed by atoms with Gasteiger partial charge in [-0.1, -0.05) is 23.8 Å². The third-order valence-corrected chi connectivity index (χ3v) is 4.19. The molecule has 7 nitrogen and oxygen atoms in total. The third kappa shape index (κ3) is 3.73. The fourth-order valence-electron chi connectivity index (χ4n) is 2.80. The first kappa shape index (κ1) is 19.2. The van der Waals surface area contributed by atoms with Gasteiger partial charge in [0.1, 0.15) is 5.57 Å². The van der Waals surface area contributed by atoms with Crippen LogP contribution in [0.2, 0.25) is 0 Å². The average molecular weight is 380 g/mol. The Morgan fingerprint density at radius 1 is 1.04 bits per heavy atom. The number of urea groups is 1. The largest absolute Gasteiger partial charge is 0.493 e. The van der Waals surface area contributed by atoms with Gasteiger partial charge in [0.05, 0.1) is 19.4 Å². The maximum atomic E-state index is 12.9. The van der Waals surface area contributed by atoms with Crippen LogP contribution in [0.1, 0.15) is 18.1 Å². The van der Waals surface area contributed by atoms with Gasteiger partial charge in [-0.15, -0.1) is 0 Å². The molecule has 2 aromatic rings. The van der Waals surface area contributed by atoms with E-state index in [4.69, 9.17) is 9.47 Å². The van der Waals surface area contributed by atoms with Crippen molar-refractivity contribution in [3.8, 4) is 11.5 Å². The van der Waals surface area contributed by atoms with Crippen molar-refractivity contribution in [2.75, 3.05) is 18.6 Å². The SMILES string of the molecule is CCOc1ccc(/C=C2\C(=O)NC(=O)N(c3ccc(C)cc3)C2=O)cc1OC. The van der Waals surface area contributed by atoms with Gasteiger partial charge >= 0.3 is 6.03 Å². The lowest BCUT2D eigenvalue weighted by Crippen LogP contribution is -2.54. The van der Waals surface area contributed by atoms with Gasteiger partial charge in [0.15, 0.2) is 11.5 Å². The number of amides is 4. The number of carbonyl (C=O) groups excluding carboxylic acids is 3. The lowest BCUT2D eigenvalue weighted by atomic mass is 10.1. The molecule has 28 heavy (non-hydrogen) atoms. The summed E-state index contributed by atoms with van der Waals surface area (Å²) in [6.45, 7) is 4.23. The third-order valence-electron chi connectivity index (χ3n) is 4.19. The highest BCUT2D eigenvalue weighted by molar-refractivity contribution is 6.39. The molecule has 3 rings (SSSR count). The molecule has 0 aliphatic carbocycles. The summed E-state index contributed by atoms with van der Waals surface area (Å²) in [5.74, 6) is -0.397. The van der Waals surface area contributed by atoms with Crippen LogP contribution in [0.4, 0.5) is 10.5 Å². The molecule has 144 valence electrons.